The Hall–Kier alpha value is -2.68. The summed E-state index contributed by atoms with van der Waals surface area (Å²) in [7, 11) is 0.353. The zero-order chi connectivity index (χ0) is 31.9. The second-order valence-electron chi connectivity index (χ2n) is 11.8. The number of hydrazine groups is 1. The van der Waals surface area contributed by atoms with Gasteiger partial charge in [0.25, 0.3) is 0 Å². The van der Waals surface area contributed by atoms with Crippen molar-refractivity contribution in [1.82, 2.24) is 10.3 Å². The Labute approximate surface area is 266 Å². The molecule has 9 nitrogen and oxygen atoms in total. The normalized spacial score (nSPS) is 15.5. The van der Waals surface area contributed by atoms with Crippen LogP contribution in [0.4, 0.5) is 5.69 Å². The first-order chi connectivity index (χ1) is 21.2. The van der Waals surface area contributed by atoms with E-state index in [1.807, 2.05) is 26.0 Å². The van der Waals surface area contributed by atoms with Crippen molar-refractivity contribution in [2.45, 2.75) is 97.8 Å². The predicted molar refractivity (Wildman–Crippen MR) is 182 cm³/mol. The lowest BCUT2D eigenvalue weighted by atomic mass is 9.95. The average Bonchev–Trinajstić information content (AvgIpc) is 3.00. The van der Waals surface area contributed by atoms with Gasteiger partial charge < -0.3 is 34.5 Å². The Bertz CT molecular complexity index is 1190. The summed E-state index contributed by atoms with van der Waals surface area (Å²) in [6.45, 7) is 11.1. The van der Waals surface area contributed by atoms with Gasteiger partial charge in [-0.1, -0.05) is 61.7 Å². The van der Waals surface area contributed by atoms with Crippen LogP contribution < -0.4 is 21.8 Å². The van der Waals surface area contributed by atoms with Crippen LogP contribution in [0.25, 0.3) is 11.4 Å². The lowest BCUT2D eigenvalue weighted by molar-refractivity contribution is -0.121. The highest BCUT2D eigenvalue weighted by molar-refractivity contribution is 7.41. The van der Waals surface area contributed by atoms with Crippen LogP contribution in [0.2, 0.25) is 0 Å². The van der Waals surface area contributed by atoms with E-state index in [-0.39, 0.29) is 12.0 Å². The van der Waals surface area contributed by atoms with Crippen molar-refractivity contribution < 1.29 is 18.4 Å². The minimum absolute atomic E-state index is 0.0845. The molecule has 0 radical (unpaired) electrons. The first-order valence-electron chi connectivity index (χ1n) is 16.1. The lowest BCUT2D eigenvalue weighted by Gasteiger charge is -2.36. The SMILES string of the molecule is COP(OCCCCCCNC(=O)CCCCCN(N)/C1=C(\N)c2ccccc2CN(C(C)C)c2ccccc21)OC(C)C. The third kappa shape index (κ3) is 11.0. The largest absolute Gasteiger partial charge is 0.396 e. The highest BCUT2D eigenvalue weighted by Gasteiger charge is 2.26. The van der Waals surface area contributed by atoms with Crippen molar-refractivity contribution in [1.29, 1.82) is 0 Å². The van der Waals surface area contributed by atoms with Gasteiger partial charge in [0.15, 0.2) is 0 Å². The maximum atomic E-state index is 12.4. The van der Waals surface area contributed by atoms with Crippen molar-refractivity contribution in [3.8, 4) is 0 Å². The number of hydrogen-bond donors (Lipinski definition) is 3. The Morgan fingerprint density at radius 3 is 2.36 bits per heavy atom. The number of nitrogens with two attached hydrogens (primary N) is 2. The van der Waals surface area contributed by atoms with E-state index in [4.69, 9.17) is 25.1 Å². The van der Waals surface area contributed by atoms with Crippen molar-refractivity contribution in [3.05, 3.63) is 65.2 Å². The minimum atomic E-state index is -1.25. The molecule has 5 N–H and O–H groups in total. The monoisotopic (exact) mass is 627 g/mol. The van der Waals surface area contributed by atoms with Gasteiger partial charge in [0, 0.05) is 56.0 Å². The summed E-state index contributed by atoms with van der Waals surface area (Å²) in [5.41, 5.74) is 12.8. The molecule has 1 atom stereocenters. The molecule has 1 heterocycles. The van der Waals surface area contributed by atoms with Gasteiger partial charge in [0.1, 0.15) is 0 Å². The number of benzene rings is 2. The van der Waals surface area contributed by atoms with Crippen molar-refractivity contribution >= 4 is 31.6 Å². The van der Waals surface area contributed by atoms with Gasteiger partial charge in [-0.15, -0.1) is 0 Å². The number of anilines is 1. The highest BCUT2D eigenvalue weighted by atomic mass is 31.2. The summed E-state index contributed by atoms with van der Waals surface area (Å²) in [6, 6.07) is 17.0. The van der Waals surface area contributed by atoms with Crippen LogP contribution in [-0.2, 0) is 24.9 Å². The highest BCUT2D eigenvalue weighted by Crippen LogP contribution is 2.40. The number of para-hydroxylation sites is 1. The molecule has 0 fully saturated rings. The zero-order valence-electron chi connectivity index (χ0n) is 27.4. The molecule has 3 rings (SSSR count). The summed E-state index contributed by atoms with van der Waals surface area (Å²) in [5, 5.41) is 4.85. The van der Waals surface area contributed by atoms with Gasteiger partial charge >= 0.3 is 8.60 Å². The zero-order valence-corrected chi connectivity index (χ0v) is 28.3. The Balaban J connectivity index is 1.41. The van der Waals surface area contributed by atoms with E-state index >= 15 is 0 Å². The van der Waals surface area contributed by atoms with Crippen LogP contribution in [0.5, 0.6) is 0 Å². The number of unbranched alkanes of at least 4 members (excludes halogenated alkanes) is 5. The van der Waals surface area contributed by atoms with Crippen LogP contribution in [0.3, 0.4) is 0 Å². The molecule has 10 heteroatoms. The third-order valence-electron chi connectivity index (χ3n) is 7.62. The molecular formula is C34H54N5O4P. The van der Waals surface area contributed by atoms with Gasteiger partial charge in [-0.25, -0.2) is 5.84 Å². The molecule has 0 saturated carbocycles. The van der Waals surface area contributed by atoms with Crippen molar-refractivity contribution in [2.75, 3.05) is 31.7 Å². The van der Waals surface area contributed by atoms with Crippen LogP contribution >= 0.6 is 8.60 Å². The molecule has 0 aromatic heterocycles. The second-order valence-corrected chi connectivity index (χ2v) is 13.1. The van der Waals surface area contributed by atoms with E-state index in [1.54, 1.807) is 12.1 Å². The van der Waals surface area contributed by atoms with E-state index in [9.17, 15) is 4.79 Å². The Kier molecular flexibility index (Phi) is 15.4. The van der Waals surface area contributed by atoms with Gasteiger partial charge in [-0.2, -0.15) is 0 Å². The Morgan fingerprint density at radius 1 is 0.955 bits per heavy atom. The predicted octanol–water partition coefficient (Wildman–Crippen LogP) is 6.93. The molecule has 0 saturated heterocycles. The van der Waals surface area contributed by atoms with Crippen LogP contribution in [-0.4, -0.2) is 49.9 Å². The molecule has 1 unspecified atom stereocenters. The topological polar surface area (TPSA) is 115 Å². The van der Waals surface area contributed by atoms with Crippen molar-refractivity contribution in [2.24, 2.45) is 11.6 Å². The van der Waals surface area contributed by atoms with Gasteiger partial charge in [0.05, 0.1) is 24.1 Å². The van der Waals surface area contributed by atoms with Crippen LogP contribution in [0, 0.1) is 0 Å². The molecule has 1 amide bonds. The number of nitrogens with zero attached hydrogens (tertiary/aromatic N) is 2. The average molecular weight is 628 g/mol. The minimum Gasteiger partial charge on any atom is -0.396 e. The van der Waals surface area contributed by atoms with E-state index in [1.165, 1.54) is 5.56 Å². The summed E-state index contributed by atoms with van der Waals surface area (Å²) in [4.78, 5) is 14.8. The summed E-state index contributed by atoms with van der Waals surface area (Å²) in [5.74, 6) is 6.85. The van der Waals surface area contributed by atoms with Gasteiger partial charge in [0.2, 0.25) is 5.91 Å². The fourth-order valence-corrected chi connectivity index (χ4v) is 6.22. The number of rotatable bonds is 19. The van der Waals surface area contributed by atoms with Gasteiger partial charge in [-0.05, 0) is 65.0 Å². The van der Waals surface area contributed by atoms with E-state index < -0.39 is 8.60 Å². The van der Waals surface area contributed by atoms with Crippen molar-refractivity contribution in [3.63, 3.8) is 0 Å². The first-order valence-corrected chi connectivity index (χ1v) is 17.2. The maximum Gasteiger partial charge on any atom is 0.332 e. The van der Waals surface area contributed by atoms with E-state index in [0.29, 0.717) is 37.9 Å². The summed E-state index contributed by atoms with van der Waals surface area (Å²) in [6.07, 6.45) is 7.23. The lowest BCUT2D eigenvalue weighted by Crippen LogP contribution is -2.36. The van der Waals surface area contributed by atoms with E-state index in [2.05, 4.69) is 60.5 Å². The quantitative estimate of drug-likeness (QED) is 0.0665. The van der Waals surface area contributed by atoms with Crippen LogP contribution in [0.15, 0.2) is 48.5 Å². The molecule has 244 valence electrons. The molecule has 1 aliphatic rings. The molecular weight excluding hydrogens is 573 g/mol. The smallest absolute Gasteiger partial charge is 0.332 e. The number of hydrogen-bond acceptors (Lipinski definition) is 8. The fraction of sp³-hybridized carbons (Fsp3) is 0.559. The standard InChI is InChI=1S/C34H54N5O4P/c1-26(2)38-25-28-17-10-11-18-29(28)33(35)34(30-19-12-13-20-31(30)38)39(36)23-15-8-9-21-32(40)37-22-14-6-7-16-24-42-44(41-5)43-27(3)4/h10-13,17-20,26-27H,6-9,14-16,21-25,35-36H2,1-5H3,(H,37,40)/b34-33-. The maximum absolute atomic E-state index is 12.4. The molecule has 2 aromatic carbocycles. The summed E-state index contributed by atoms with van der Waals surface area (Å²) < 4.78 is 16.4. The fourth-order valence-electron chi connectivity index (χ4n) is 5.35. The van der Waals surface area contributed by atoms with Crippen LogP contribution in [0.1, 0.15) is 95.8 Å². The molecule has 0 spiro atoms. The molecule has 1 aliphatic heterocycles. The number of amides is 1. The van der Waals surface area contributed by atoms with E-state index in [0.717, 1.165) is 74.0 Å². The Morgan fingerprint density at radius 2 is 1.64 bits per heavy atom. The number of carbonyl (C=O) groups excluding carboxylic acids is 1. The molecule has 44 heavy (non-hydrogen) atoms. The molecule has 0 aliphatic carbocycles. The third-order valence-corrected chi connectivity index (χ3v) is 8.91. The number of nitrogens with one attached hydrogen (secondary N) is 1. The number of fused-ring (bicyclic) bond motifs is 2. The molecule has 0 bridgehead atoms. The second kappa shape index (κ2) is 19.0. The first kappa shape index (κ1) is 35.8. The summed E-state index contributed by atoms with van der Waals surface area (Å²) >= 11 is 0. The number of carbonyl (C=O) groups is 1. The molecule has 2 aromatic rings. The van der Waals surface area contributed by atoms with Gasteiger partial charge in [-0.3, -0.25) is 4.79 Å².